The molecule has 1 aromatic carbocycles. The van der Waals surface area contributed by atoms with E-state index in [0.29, 0.717) is 28.7 Å². The number of carbonyl (C=O) groups excluding carboxylic acids is 1. The fourth-order valence-corrected chi connectivity index (χ4v) is 2.54. The summed E-state index contributed by atoms with van der Waals surface area (Å²) >= 11 is 0. The second kappa shape index (κ2) is 6.32. The van der Waals surface area contributed by atoms with Crippen molar-refractivity contribution >= 4 is 23.3 Å². The van der Waals surface area contributed by atoms with Crippen molar-refractivity contribution in [2.45, 2.75) is 6.92 Å². The molecule has 0 bridgehead atoms. The van der Waals surface area contributed by atoms with Crippen LogP contribution in [0.3, 0.4) is 0 Å². The lowest BCUT2D eigenvalue weighted by atomic mass is 10.2. The Morgan fingerprint density at radius 3 is 2.69 bits per heavy atom. The van der Waals surface area contributed by atoms with Gasteiger partial charge in [0.1, 0.15) is 5.82 Å². The van der Waals surface area contributed by atoms with Crippen molar-refractivity contribution in [3.63, 3.8) is 0 Å². The first-order chi connectivity index (χ1) is 12.6. The predicted octanol–water partition coefficient (Wildman–Crippen LogP) is 3.22. The Labute approximate surface area is 148 Å². The fraction of sp³-hybridized carbons (Fsp3) is 0.111. The maximum Gasteiger partial charge on any atom is 0.337 e. The maximum atomic E-state index is 11.5. The maximum absolute atomic E-state index is 11.5. The van der Waals surface area contributed by atoms with Crippen LogP contribution in [0, 0.1) is 6.92 Å². The molecule has 8 heteroatoms. The number of anilines is 2. The van der Waals surface area contributed by atoms with E-state index in [9.17, 15) is 4.79 Å². The average Bonchev–Trinajstić information content (AvgIpc) is 3.31. The van der Waals surface area contributed by atoms with Gasteiger partial charge in [-0.2, -0.15) is 9.50 Å². The van der Waals surface area contributed by atoms with Crippen LogP contribution in [-0.2, 0) is 4.74 Å². The number of fused-ring (bicyclic) bond motifs is 1. The summed E-state index contributed by atoms with van der Waals surface area (Å²) in [6, 6.07) is 12.4. The molecule has 8 nitrogen and oxygen atoms in total. The van der Waals surface area contributed by atoms with Crippen LogP contribution in [0.15, 0.2) is 53.1 Å². The number of hydrogen-bond acceptors (Lipinski definition) is 7. The van der Waals surface area contributed by atoms with Crippen molar-refractivity contribution in [1.29, 1.82) is 0 Å². The van der Waals surface area contributed by atoms with E-state index >= 15 is 0 Å². The summed E-state index contributed by atoms with van der Waals surface area (Å²) in [5.41, 5.74) is 2.07. The van der Waals surface area contributed by atoms with Crippen molar-refractivity contribution < 1.29 is 13.9 Å². The number of benzene rings is 1. The molecule has 0 amide bonds. The summed E-state index contributed by atoms with van der Waals surface area (Å²) in [6.07, 6.45) is 1.57. The third kappa shape index (κ3) is 2.88. The molecular formula is C18H15N5O3. The summed E-state index contributed by atoms with van der Waals surface area (Å²) in [5.74, 6) is 1.81. The molecule has 0 atom stereocenters. The molecule has 4 aromatic rings. The van der Waals surface area contributed by atoms with Gasteiger partial charge < -0.3 is 14.5 Å². The van der Waals surface area contributed by atoms with E-state index in [1.54, 1.807) is 47.2 Å². The van der Waals surface area contributed by atoms with Crippen LogP contribution in [0.4, 0.5) is 11.5 Å². The predicted molar refractivity (Wildman–Crippen MR) is 94.3 cm³/mol. The standard InChI is InChI=1S/C18H15N5O3/c1-11-10-15(20-13-7-5-12(6-8-13)17(24)25-2)23-18(19-11)21-16(22-23)14-4-3-9-26-14/h3-10,20H,1-2H3. The summed E-state index contributed by atoms with van der Waals surface area (Å²) in [6.45, 7) is 1.88. The molecule has 3 aromatic heterocycles. The largest absolute Gasteiger partial charge is 0.465 e. The van der Waals surface area contributed by atoms with E-state index in [1.165, 1.54) is 7.11 Å². The Balaban J connectivity index is 1.70. The number of ether oxygens (including phenoxy) is 1. The normalized spacial score (nSPS) is 10.8. The molecule has 0 unspecified atom stereocenters. The fourth-order valence-electron chi connectivity index (χ4n) is 2.54. The molecular weight excluding hydrogens is 334 g/mol. The first kappa shape index (κ1) is 15.8. The monoisotopic (exact) mass is 349 g/mol. The van der Waals surface area contributed by atoms with Crippen LogP contribution < -0.4 is 5.32 Å². The Bertz CT molecular complexity index is 1070. The van der Waals surface area contributed by atoms with Gasteiger partial charge in [0.2, 0.25) is 5.82 Å². The van der Waals surface area contributed by atoms with E-state index in [4.69, 9.17) is 9.15 Å². The molecule has 0 spiro atoms. The molecule has 3 heterocycles. The summed E-state index contributed by atoms with van der Waals surface area (Å²) in [4.78, 5) is 20.4. The van der Waals surface area contributed by atoms with Crippen LogP contribution in [0.25, 0.3) is 17.4 Å². The molecule has 0 fully saturated rings. The number of nitrogens with one attached hydrogen (secondary N) is 1. The Morgan fingerprint density at radius 1 is 1.19 bits per heavy atom. The summed E-state index contributed by atoms with van der Waals surface area (Å²) in [7, 11) is 1.35. The van der Waals surface area contributed by atoms with Crippen molar-refractivity contribution in [2.24, 2.45) is 0 Å². The number of rotatable bonds is 4. The molecule has 26 heavy (non-hydrogen) atoms. The zero-order valence-corrected chi connectivity index (χ0v) is 14.1. The molecule has 0 saturated carbocycles. The van der Waals surface area contributed by atoms with Crippen LogP contribution >= 0.6 is 0 Å². The lowest BCUT2D eigenvalue weighted by molar-refractivity contribution is 0.0601. The molecule has 4 rings (SSSR count). The number of carbonyl (C=O) groups is 1. The third-order valence-electron chi connectivity index (χ3n) is 3.76. The smallest absolute Gasteiger partial charge is 0.337 e. The second-order valence-corrected chi connectivity index (χ2v) is 5.60. The summed E-state index contributed by atoms with van der Waals surface area (Å²) < 4.78 is 11.7. The number of hydrogen-bond donors (Lipinski definition) is 1. The molecule has 0 saturated heterocycles. The van der Waals surface area contributed by atoms with Crippen LogP contribution in [0.2, 0.25) is 0 Å². The van der Waals surface area contributed by atoms with Gasteiger partial charge in [0, 0.05) is 17.4 Å². The van der Waals surface area contributed by atoms with Gasteiger partial charge in [-0.05, 0) is 43.3 Å². The highest BCUT2D eigenvalue weighted by Crippen LogP contribution is 2.22. The van der Waals surface area contributed by atoms with E-state index in [1.807, 2.05) is 13.0 Å². The number of aryl methyl sites for hydroxylation is 1. The van der Waals surface area contributed by atoms with Gasteiger partial charge in [0.25, 0.3) is 5.78 Å². The van der Waals surface area contributed by atoms with Gasteiger partial charge >= 0.3 is 5.97 Å². The second-order valence-electron chi connectivity index (χ2n) is 5.60. The van der Waals surface area contributed by atoms with Crippen LogP contribution in [0.5, 0.6) is 0 Å². The third-order valence-corrected chi connectivity index (χ3v) is 3.76. The Morgan fingerprint density at radius 2 is 2.00 bits per heavy atom. The molecule has 130 valence electrons. The summed E-state index contributed by atoms with van der Waals surface area (Å²) in [5, 5.41) is 7.73. The van der Waals surface area contributed by atoms with E-state index in [0.717, 1.165) is 11.4 Å². The zero-order valence-electron chi connectivity index (χ0n) is 14.1. The van der Waals surface area contributed by atoms with E-state index < -0.39 is 0 Å². The number of esters is 1. The lowest BCUT2D eigenvalue weighted by Crippen LogP contribution is -2.04. The minimum absolute atomic E-state index is 0.377. The van der Waals surface area contributed by atoms with Crippen molar-refractivity contribution in [3.8, 4) is 11.6 Å². The van der Waals surface area contributed by atoms with Gasteiger partial charge in [-0.1, -0.05) is 0 Å². The first-order valence-electron chi connectivity index (χ1n) is 7.88. The van der Waals surface area contributed by atoms with Crippen LogP contribution in [-0.4, -0.2) is 32.7 Å². The number of methoxy groups -OCH3 is 1. The molecule has 0 radical (unpaired) electrons. The van der Waals surface area contributed by atoms with Gasteiger partial charge in [-0.3, -0.25) is 0 Å². The van der Waals surface area contributed by atoms with Crippen molar-refractivity contribution in [1.82, 2.24) is 19.6 Å². The SMILES string of the molecule is COC(=O)c1ccc(Nc2cc(C)nc3nc(-c4ccco4)nn23)cc1. The van der Waals surface area contributed by atoms with Crippen LogP contribution in [0.1, 0.15) is 16.1 Å². The minimum Gasteiger partial charge on any atom is -0.465 e. The molecule has 0 aliphatic rings. The van der Waals surface area contributed by atoms with Crippen molar-refractivity contribution in [2.75, 3.05) is 12.4 Å². The molecule has 1 N–H and O–H groups in total. The van der Waals surface area contributed by atoms with Gasteiger partial charge in [-0.15, -0.1) is 5.10 Å². The number of furan rings is 1. The highest BCUT2D eigenvalue weighted by molar-refractivity contribution is 5.89. The van der Waals surface area contributed by atoms with Gasteiger partial charge in [0.15, 0.2) is 5.76 Å². The first-order valence-corrected chi connectivity index (χ1v) is 7.88. The topological polar surface area (TPSA) is 94.5 Å². The van der Waals surface area contributed by atoms with Gasteiger partial charge in [0.05, 0.1) is 18.9 Å². The highest BCUT2D eigenvalue weighted by atomic mass is 16.5. The lowest BCUT2D eigenvalue weighted by Gasteiger charge is -2.09. The number of nitrogens with zero attached hydrogens (tertiary/aromatic N) is 4. The number of aromatic nitrogens is 4. The Hall–Kier alpha value is -3.68. The molecule has 0 aliphatic heterocycles. The molecule has 0 aliphatic carbocycles. The zero-order chi connectivity index (χ0) is 18.1. The quantitative estimate of drug-likeness (QED) is 0.565. The Kier molecular flexibility index (Phi) is 3.85. The average molecular weight is 349 g/mol. The van der Waals surface area contributed by atoms with Gasteiger partial charge in [-0.25, -0.2) is 9.78 Å². The van der Waals surface area contributed by atoms with Crippen molar-refractivity contribution in [3.05, 3.63) is 60.0 Å². The van der Waals surface area contributed by atoms with E-state index in [-0.39, 0.29) is 5.97 Å². The minimum atomic E-state index is -0.377. The highest BCUT2D eigenvalue weighted by Gasteiger charge is 2.13. The van der Waals surface area contributed by atoms with E-state index in [2.05, 4.69) is 20.4 Å².